The number of rotatable bonds is 0. The SMILES string of the molecule is [Gd].[O-2].[O-2].[O-2].[U]. The Hall–Kier alpha value is 2.26. The van der Waals surface area contributed by atoms with Crippen molar-refractivity contribution in [2.45, 2.75) is 0 Å². The summed E-state index contributed by atoms with van der Waals surface area (Å²) in [6, 6.07) is 0. The van der Waals surface area contributed by atoms with E-state index in [1.54, 1.807) is 0 Å². The van der Waals surface area contributed by atoms with E-state index >= 15 is 0 Å². The van der Waals surface area contributed by atoms with Gasteiger partial charge in [0.2, 0.25) is 0 Å². The van der Waals surface area contributed by atoms with E-state index in [9.17, 15) is 0 Å². The van der Waals surface area contributed by atoms with Gasteiger partial charge in [0.15, 0.2) is 0 Å². The maximum atomic E-state index is 0. The van der Waals surface area contributed by atoms with Crippen molar-refractivity contribution in [1.82, 2.24) is 0 Å². The van der Waals surface area contributed by atoms with Crippen LogP contribution in [0.2, 0.25) is 0 Å². The predicted octanol–water partition coefficient (Wildman–Crippen LogP) is -0.356. The van der Waals surface area contributed by atoms with Crippen molar-refractivity contribution in [2.75, 3.05) is 0 Å². The van der Waals surface area contributed by atoms with Gasteiger partial charge in [0.05, 0.1) is 0 Å². The van der Waals surface area contributed by atoms with Crippen molar-refractivity contribution >= 4 is 0 Å². The van der Waals surface area contributed by atoms with E-state index in [0.717, 1.165) is 0 Å². The van der Waals surface area contributed by atoms with Crippen molar-refractivity contribution in [3.63, 3.8) is 0 Å². The average Bonchev–Trinajstić information content (AvgIpc) is 0. The van der Waals surface area contributed by atoms with Crippen molar-refractivity contribution < 1.29 is 87.5 Å². The van der Waals surface area contributed by atoms with Crippen molar-refractivity contribution in [2.24, 2.45) is 0 Å². The third-order valence-corrected chi connectivity index (χ3v) is 0. The Bertz CT molecular complexity index is 6.85. The second-order valence-corrected chi connectivity index (χ2v) is 0. The molecule has 0 bridgehead atoms. The van der Waals surface area contributed by atoms with Crippen molar-refractivity contribution in [3.8, 4) is 0 Å². The van der Waals surface area contributed by atoms with Gasteiger partial charge in [0, 0.05) is 71.1 Å². The molecule has 0 aromatic carbocycles. The largest absolute Gasteiger partial charge is 2.00 e. The maximum absolute atomic E-state index is 0. The summed E-state index contributed by atoms with van der Waals surface area (Å²) < 4.78 is 0. The zero-order chi connectivity index (χ0) is 0. The summed E-state index contributed by atoms with van der Waals surface area (Å²) in [5, 5.41) is 0. The summed E-state index contributed by atoms with van der Waals surface area (Å²) in [6.45, 7) is 0. The molecule has 0 aromatic rings. The molecular weight excluding hydrogens is 443 g/mol. The molecule has 0 aliphatic carbocycles. The van der Waals surface area contributed by atoms with Crippen LogP contribution < -0.4 is 0 Å². The Labute approximate surface area is 85.9 Å². The third-order valence-electron chi connectivity index (χ3n) is 0. The first-order chi connectivity index (χ1) is 0. The topological polar surface area (TPSA) is 85.5 Å². The fourth-order valence-corrected chi connectivity index (χ4v) is 0. The molecule has 5 heteroatoms. The minimum absolute atomic E-state index is 0. The molecule has 36 valence electrons. The monoisotopic (exact) mass is 444 g/mol. The van der Waals surface area contributed by atoms with Crippen LogP contribution in [0.1, 0.15) is 0 Å². The fourth-order valence-electron chi connectivity index (χ4n) is 0. The van der Waals surface area contributed by atoms with Crippen LogP contribution in [-0.2, 0) is 16.4 Å². The van der Waals surface area contributed by atoms with E-state index in [4.69, 9.17) is 0 Å². The molecule has 0 radical (unpaired) electrons. The normalized spacial score (nSPS) is 0. The third kappa shape index (κ3) is 22.3. The summed E-state index contributed by atoms with van der Waals surface area (Å²) in [5.41, 5.74) is 0. The van der Waals surface area contributed by atoms with Crippen LogP contribution in [0, 0.1) is 71.1 Å². The molecule has 0 spiro atoms. The van der Waals surface area contributed by atoms with E-state index in [1.807, 2.05) is 0 Å². The van der Waals surface area contributed by atoms with Gasteiger partial charge in [-0.25, -0.2) is 0 Å². The minimum Gasteiger partial charge on any atom is -2.00 e. The van der Waals surface area contributed by atoms with Crippen LogP contribution in [0.25, 0.3) is 0 Å². The van der Waals surface area contributed by atoms with Gasteiger partial charge in [-0.05, 0) is 0 Å². The molecule has 0 aliphatic rings. The van der Waals surface area contributed by atoms with Gasteiger partial charge < -0.3 is 16.4 Å². The summed E-state index contributed by atoms with van der Waals surface area (Å²) in [4.78, 5) is 0. The molecule has 0 saturated heterocycles. The average molecular weight is 443 g/mol. The van der Waals surface area contributed by atoms with E-state index in [0.29, 0.717) is 0 Å². The second-order valence-electron chi connectivity index (χ2n) is 0. The van der Waals surface area contributed by atoms with Gasteiger partial charge in [-0.1, -0.05) is 0 Å². The zero-order valence-electron chi connectivity index (χ0n) is 2.08. The summed E-state index contributed by atoms with van der Waals surface area (Å²) >= 11 is 0. The molecule has 0 fully saturated rings. The first kappa shape index (κ1) is 55.8. The Morgan fingerprint density at radius 2 is 0.600 bits per heavy atom. The van der Waals surface area contributed by atoms with Gasteiger partial charge in [0.1, 0.15) is 0 Å². The molecule has 0 N–H and O–H groups in total. The summed E-state index contributed by atoms with van der Waals surface area (Å²) in [7, 11) is 0. The second kappa shape index (κ2) is 33.9. The molecule has 0 aromatic heterocycles. The molecule has 0 amide bonds. The molecule has 5 heavy (non-hydrogen) atoms. The minimum atomic E-state index is 0. The first-order valence-electron chi connectivity index (χ1n) is 0. The Morgan fingerprint density at radius 3 is 0.600 bits per heavy atom. The van der Waals surface area contributed by atoms with Crippen molar-refractivity contribution in [3.05, 3.63) is 0 Å². The standard InChI is InChI=1S/Gd.3O.U/q;3*-2;. The Morgan fingerprint density at radius 1 is 0.600 bits per heavy atom. The van der Waals surface area contributed by atoms with Crippen LogP contribution >= 0.6 is 0 Å². The fraction of sp³-hybridized carbons (Fsp3) is 0. The molecule has 0 unspecified atom stereocenters. The quantitative estimate of drug-likeness (QED) is 0.490. The van der Waals surface area contributed by atoms with Crippen LogP contribution in [-0.4, -0.2) is 0 Å². The number of hydrogen-bond acceptors (Lipinski definition) is 0. The maximum Gasteiger partial charge on any atom is 0 e. The van der Waals surface area contributed by atoms with Crippen molar-refractivity contribution in [1.29, 1.82) is 0 Å². The summed E-state index contributed by atoms with van der Waals surface area (Å²) in [5.74, 6) is 0. The van der Waals surface area contributed by atoms with Gasteiger partial charge in [-0.2, -0.15) is 0 Å². The molecule has 0 heterocycles. The van der Waals surface area contributed by atoms with Crippen LogP contribution in [0.5, 0.6) is 0 Å². The van der Waals surface area contributed by atoms with E-state index in [-0.39, 0.29) is 87.5 Å². The molecule has 0 rings (SSSR count). The summed E-state index contributed by atoms with van der Waals surface area (Å²) in [6.07, 6.45) is 0. The van der Waals surface area contributed by atoms with Crippen LogP contribution in [0.3, 0.4) is 0 Å². The zero-order valence-corrected chi connectivity index (χ0v) is 8.51. The number of hydrogen-bond donors (Lipinski definition) is 0. The van der Waals surface area contributed by atoms with Gasteiger partial charge >= 0.3 is 0 Å². The van der Waals surface area contributed by atoms with Crippen LogP contribution in [0.4, 0.5) is 0 Å². The smallest absolute Gasteiger partial charge is 0 e. The molecule has 0 saturated carbocycles. The molecular formula is GdO3U-6. The molecule has 3 nitrogen and oxygen atoms in total. The first-order valence-corrected chi connectivity index (χ1v) is 0. The van der Waals surface area contributed by atoms with Gasteiger partial charge in [-0.15, -0.1) is 0 Å². The molecule has 0 aliphatic heterocycles. The van der Waals surface area contributed by atoms with Gasteiger partial charge in [-0.3, -0.25) is 0 Å². The van der Waals surface area contributed by atoms with E-state index < -0.39 is 0 Å². The Kier molecular flexibility index (Phi) is 379. The van der Waals surface area contributed by atoms with Crippen LogP contribution in [0.15, 0.2) is 0 Å². The van der Waals surface area contributed by atoms with E-state index in [2.05, 4.69) is 0 Å². The molecule has 0 atom stereocenters. The Balaban J connectivity index is 0. The predicted molar refractivity (Wildman–Crippen MR) is 2.06 cm³/mol. The van der Waals surface area contributed by atoms with Gasteiger partial charge in [0.25, 0.3) is 0 Å². The van der Waals surface area contributed by atoms with E-state index in [1.165, 1.54) is 0 Å².